The summed E-state index contributed by atoms with van der Waals surface area (Å²) in [5.74, 6) is 0. The number of hydrogen-bond donors (Lipinski definition) is 1. The Balaban J connectivity index is 2.14. The van der Waals surface area contributed by atoms with E-state index in [1.165, 1.54) is 5.39 Å². The molecule has 72 valence electrons. The summed E-state index contributed by atoms with van der Waals surface area (Å²) in [6.07, 6.45) is 1.74. The fourth-order valence-electron chi connectivity index (χ4n) is 1.84. The second kappa shape index (κ2) is 3.12. The molecule has 0 unspecified atom stereocenters. The fourth-order valence-corrected chi connectivity index (χ4v) is 1.84. The summed E-state index contributed by atoms with van der Waals surface area (Å²) in [5, 5.41) is 1.20. The van der Waals surface area contributed by atoms with Crippen molar-refractivity contribution in [2.45, 2.75) is 6.29 Å². The molecule has 2 heterocycles. The molecule has 3 rings (SSSR count). The van der Waals surface area contributed by atoms with Gasteiger partial charge in [0.25, 0.3) is 0 Å². The minimum absolute atomic E-state index is 0.197. The molecule has 0 atom stereocenters. The second-order valence-corrected chi connectivity index (χ2v) is 3.36. The van der Waals surface area contributed by atoms with E-state index in [2.05, 4.69) is 11.1 Å². The van der Waals surface area contributed by atoms with Gasteiger partial charge in [0.1, 0.15) is 0 Å². The van der Waals surface area contributed by atoms with Gasteiger partial charge in [-0.05, 0) is 11.5 Å². The largest absolute Gasteiger partial charge is 0.361 e. The molecule has 2 aromatic rings. The maximum absolute atomic E-state index is 5.47. The van der Waals surface area contributed by atoms with E-state index < -0.39 is 0 Å². The van der Waals surface area contributed by atoms with Crippen molar-refractivity contribution in [3.63, 3.8) is 0 Å². The van der Waals surface area contributed by atoms with Gasteiger partial charge < -0.3 is 14.5 Å². The van der Waals surface area contributed by atoms with Crippen LogP contribution in [-0.2, 0) is 9.47 Å². The van der Waals surface area contributed by atoms with Crippen molar-refractivity contribution in [3.8, 4) is 0 Å². The maximum atomic E-state index is 5.47. The van der Waals surface area contributed by atoms with E-state index in [1.54, 1.807) is 0 Å². The lowest BCUT2D eigenvalue weighted by Gasteiger charge is -2.09. The Labute approximate surface area is 81.6 Å². The molecule has 3 nitrogen and oxygen atoms in total. The van der Waals surface area contributed by atoms with Gasteiger partial charge in [-0.15, -0.1) is 0 Å². The van der Waals surface area contributed by atoms with Crippen molar-refractivity contribution in [2.75, 3.05) is 13.2 Å². The molecule has 1 saturated heterocycles. The smallest absolute Gasteiger partial charge is 0.186 e. The predicted octanol–water partition coefficient (Wildman–Crippen LogP) is 2.21. The average Bonchev–Trinajstić information content (AvgIpc) is 2.88. The van der Waals surface area contributed by atoms with Crippen LogP contribution in [0.15, 0.2) is 30.5 Å². The highest BCUT2D eigenvalue weighted by atomic mass is 16.7. The van der Waals surface area contributed by atoms with Crippen molar-refractivity contribution in [2.24, 2.45) is 0 Å². The van der Waals surface area contributed by atoms with Crippen LogP contribution in [0.1, 0.15) is 11.9 Å². The third-order valence-electron chi connectivity index (χ3n) is 2.50. The molecule has 1 N–H and O–H groups in total. The zero-order valence-electron chi connectivity index (χ0n) is 7.69. The van der Waals surface area contributed by atoms with E-state index in [-0.39, 0.29) is 6.29 Å². The van der Waals surface area contributed by atoms with E-state index >= 15 is 0 Å². The van der Waals surface area contributed by atoms with Crippen LogP contribution in [-0.4, -0.2) is 18.2 Å². The molecule has 1 aromatic heterocycles. The van der Waals surface area contributed by atoms with Gasteiger partial charge in [-0.25, -0.2) is 0 Å². The first kappa shape index (κ1) is 8.03. The third kappa shape index (κ3) is 1.14. The zero-order chi connectivity index (χ0) is 9.38. The van der Waals surface area contributed by atoms with Gasteiger partial charge in [-0.1, -0.05) is 18.2 Å². The Morgan fingerprint density at radius 1 is 1.14 bits per heavy atom. The fraction of sp³-hybridized carbons (Fsp3) is 0.273. The Morgan fingerprint density at radius 2 is 2.00 bits per heavy atom. The van der Waals surface area contributed by atoms with Gasteiger partial charge in [0.05, 0.1) is 18.7 Å². The van der Waals surface area contributed by atoms with Gasteiger partial charge >= 0.3 is 0 Å². The van der Waals surface area contributed by atoms with E-state index in [0.29, 0.717) is 13.2 Å². The summed E-state index contributed by atoms with van der Waals surface area (Å²) >= 11 is 0. The lowest BCUT2D eigenvalue weighted by Crippen LogP contribution is -1.98. The first-order valence-electron chi connectivity index (χ1n) is 4.74. The summed E-state index contributed by atoms with van der Waals surface area (Å²) in [6, 6.07) is 8.18. The van der Waals surface area contributed by atoms with Gasteiger partial charge in [-0.3, -0.25) is 0 Å². The van der Waals surface area contributed by atoms with Gasteiger partial charge in [0.15, 0.2) is 6.29 Å². The van der Waals surface area contributed by atoms with Crippen molar-refractivity contribution in [1.29, 1.82) is 0 Å². The Hall–Kier alpha value is -1.32. The van der Waals surface area contributed by atoms with Crippen LogP contribution in [0.25, 0.3) is 10.9 Å². The highest BCUT2D eigenvalue weighted by molar-refractivity contribution is 5.82. The molecule has 0 saturated carbocycles. The average molecular weight is 189 g/mol. The number of aromatic nitrogens is 1. The number of aromatic amines is 1. The third-order valence-corrected chi connectivity index (χ3v) is 2.50. The number of nitrogens with one attached hydrogen (secondary N) is 1. The number of para-hydroxylation sites is 1. The first-order chi connectivity index (χ1) is 6.95. The van der Waals surface area contributed by atoms with E-state index in [9.17, 15) is 0 Å². The molecule has 0 aliphatic carbocycles. The number of rotatable bonds is 1. The predicted molar refractivity (Wildman–Crippen MR) is 52.9 cm³/mol. The van der Waals surface area contributed by atoms with Crippen molar-refractivity contribution in [1.82, 2.24) is 4.98 Å². The molecule has 0 amide bonds. The highest BCUT2D eigenvalue weighted by Crippen LogP contribution is 2.28. The summed E-state index contributed by atoms with van der Waals surface area (Å²) in [5.41, 5.74) is 2.20. The highest BCUT2D eigenvalue weighted by Gasteiger charge is 2.20. The van der Waals surface area contributed by atoms with Crippen LogP contribution in [0.2, 0.25) is 0 Å². The summed E-state index contributed by atoms with van der Waals surface area (Å²) in [6.45, 7) is 1.36. The quantitative estimate of drug-likeness (QED) is 0.746. The molecule has 0 radical (unpaired) electrons. The number of fused-ring (bicyclic) bond motifs is 1. The van der Waals surface area contributed by atoms with Crippen LogP contribution < -0.4 is 0 Å². The SMILES string of the molecule is c1cc(C2OCCO2)c2[nH]ccc2c1. The molecule has 1 aromatic carbocycles. The number of ether oxygens (including phenoxy) is 2. The van der Waals surface area contributed by atoms with E-state index in [4.69, 9.17) is 9.47 Å². The minimum Gasteiger partial charge on any atom is -0.361 e. The zero-order valence-corrected chi connectivity index (χ0v) is 7.69. The first-order valence-corrected chi connectivity index (χ1v) is 4.74. The van der Waals surface area contributed by atoms with Crippen LogP contribution in [0.4, 0.5) is 0 Å². The van der Waals surface area contributed by atoms with E-state index in [0.717, 1.165) is 11.1 Å². The lowest BCUT2D eigenvalue weighted by molar-refractivity contribution is -0.0431. The summed E-state index contributed by atoms with van der Waals surface area (Å²) < 4.78 is 10.9. The van der Waals surface area contributed by atoms with Gasteiger partial charge in [0.2, 0.25) is 0 Å². The van der Waals surface area contributed by atoms with Gasteiger partial charge in [-0.2, -0.15) is 0 Å². The van der Waals surface area contributed by atoms with Gasteiger partial charge in [0, 0.05) is 11.8 Å². The molecule has 1 fully saturated rings. The molecule has 1 aliphatic heterocycles. The molecular formula is C11H11NO2. The maximum Gasteiger partial charge on any atom is 0.186 e. The van der Waals surface area contributed by atoms with Crippen LogP contribution in [0.3, 0.4) is 0 Å². The molecule has 14 heavy (non-hydrogen) atoms. The Morgan fingerprint density at radius 3 is 2.86 bits per heavy atom. The summed E-state index contributed by atoms with van der Waals surface area (Å²) in [7, 11) is 0. The van der Waals surface area contributed by atoms with Crippen molar-refractivity contribution >= 4 is 10.9 Å². The molecule has 1 aliphatic rings. The Kier molecular flexibility index (Phi) is 1.79. The lowest BCUT2D eigenvalue weighted by atomic mass is 10.1. The monoisotopic (exact) mass is 189 g/mol. The molecule has 0 bridgehead atoms. The van der Waals surface area contributed by atoms with Crippen LogP contribution >= 0.6 is 0 Å². The topological polar surface area (TPSA) is 34.2 Å². The molecular weight excluding hydrogens is 178 g/mol. The number of H-pyrrole nitrogens is 1. The summed E-state index contributed by atoms with van der Waals surface area (Å²) in [4.78, 5) is 3.21. The minimum atomic E-state index is -0.197. The molecule has 0 spiro atoms. The Bertz CT molecular complexity index is 443. The number of benzene rings is 1. The normalized spacial score (nSPS) is 18.0. The number of hydrogen-bond acceptors (Lipinski definition) is 2. The van der Waals surface area contributed by atoms with Crippen LogP contribution in [0, 0.1) is 0 Å². The van der Waals surface area contributed by atoms with E-state index in [1.807, 2.05) is 24.4 Å². The second-order valence-electron chi connectivity index (χ2n) is 3.36. The van der Waals surface area contributed by atoms with Crippen molar-refractivity contribution < 1.29 is 9.47 Å². The van der Waals surface area contributed by atoms with Crippen LogP contribution in [0.5, 0.6) is 0 Å². The standard InChI is InChI=1S/C11H11NO2/c1-2-8-4-5-12-10(8)9(3-1)11-13-6-7-14-11/h1-5,11-12H,6-7H2. The van der Waals surface area contributed by atoms with Crippen molar-refractivity contribution in [3.05, 3.63) is 36.0 Å². The molecule has 3 heteroatoms.